The molecule has 0 fully saturated rings. The number of furan rings is 1. The molecule has 18 heavy (non-hydrogen) atoms. The first-order valence-corrected chi connectivity index (χ1v) is 5.83. The Morgan fingerprint density at radius 3 is 3.00 bits per heavy atom. The second-order valence-corrected chi connectivity index (χ2v) is 4.24. The highest BCUT2D eigenvalue weighted by molar-refractivity contribution is 5.79. The Labute approximate surface area is 105 Å². The van der Waals surface area contributed by atoms with E-state index in [4.69, 9.17) is 4.42 Å². The fraction of sp³-hybridized carbons (Fsp3) is 0.417. The van der Waals surface area contributed by atoms with Gasteiger partial charge in [-0.1, -0.05) is 0 Å². The molecule has 1 amide bonds. The lowest BCUT2D eigenvalue weighted by molar-refractivity contribution is -0.124. The van der Waals surface area contributed by atoms with Crippen molar-refractivity contribution >= 4 is 5.91 Å². The fourth-order valence-corrected chi connectivity index (χ4v) is 1.68. The molecule has 6 heteroatoms. The average Bonchev–Trinajstić information content (AvgIpc) is 2.99. The average molecular weight is 248 g/mol. The summed E-state index contributed by atoms with van der Waals surface area (Å²) in [6, 6.07) is 3.37. The second-order valence-electron chi connectivity index (χ2n) is 4.24. The first-order chi connectivity index (χ1) is 8.66. The number of hydrogen-bond donors (Lipinski definition) is 1. The van der Waals surface area contributed by atoms with Crippen LogP contribution in [0.4, 0.5) is 0 Å². The molecule has 6 nitrogen and oxygen atoms in total. The van der Waals surface area contributed by atoms with Crippen molar-refractivity contribution in [3.8, 4) is 0 Å². The predicted molar refractivity (Wildman–Crippen MR) is 64.7 cm³/mol. The smallest absolute Gasteiger partial charge is 0.244 e. The van der Waals surface area contributed by atoms with Crippen molar-refractivity contribution in [1.29, 1.82) is 0 Å². The van der Waals surface area contributed by atoms with Crippen molar-refractivity contribution in [1.82, 2.24) is 20.1 Å². The Balaban J connectivity index is 1.87. The third-order valence-corrected chi connectivity index (χ3v) is 2.69. The van der Waals surface area contributed by atoms with Gasteiger partial charge in [0.1, 0.15) is 24.5 Å². The van der Waals surface area contributed by atoms with Crippen LogP contribution in [0.15, 0.2) is 35.5 Å². The van der Waals surface area contributed by atoms with E-state index in [-0.39, 0.29) is 18.0 Å². The van der Waals surface area contributed by atoms with Gasteiger partial charge < -0.3 is 9.73 Å². The molecule has 0 aromatic carbocycles. The summed E-state index contributed by atoms with van der Waals surface area (Å²) in [5, 5.41) is 6.87. The molecule has 0 saturated carbocycles. The molecule has 0 aliphatic carbocycles. The van der Waals surface area contributed by atoms with Gasteiger partial charge in [0.25, 0.3) is 0 Å². The van der Waals surface area contributed by atoms with Crippen molar-refractivity contribution in [3.05, 3.63) is 36.8 Å². The van der Waals surface area contributed by atoms with Gasteiger partial charge in [0.05, 0.1) is 6.26 Å². The monoisotopic (exact) mass is 248 g/mol. The van der Waals surface area contributed by atoms with E-state index in [1.54, 1.807) is 13.2 Å². The van der Waals surface area contributed by atoms with E-state index < -0.39 is 0 Å². The van der Waals surface area contributed by atoms with E-state index in [1.807, 2.05) is 19.1 Å². The van der Waals surface area contributed by atoms with E-state index in [9.17, 15) is 4.79 Å². The van der Waals surface area contributed by atoms with Gasteiger partial charge in [-0.3, -0.25) is 4.79 Å². The molecule has 0 bridgehead atoms. The highest BCUT2D eigenvalue weighted by Gasteiger charge is 2.17. The molecule has 2 aromatic rings. The van der Waals surface area contributed by atoms with Gasteiger partial charge in [0, 0.05) is 12.5 Å². The van der Waals surface area contributed by atoms with E-state index in [0.29, 0.717) is 6.42 Å². The largest absolute Gasteiger partial charge is 0.469 e. The SMILES string of the molecule is C[C@H](C(=O)N[C@@H](C)Cc1ccco1)n1cncn1. The van der Waals surface area contributed by atoms with Crippen molar-refractivity contribution in [2.24, 2.45) is 0 Å². The maximum Gasteiger partial charge on any atom is 0.244 e. The first kappa shape index (κ1) is 12.3. The lowest BCUT2D eigenvalue weighted by Gasteiger charge is -2.16. The fourth-order valence-electron chi connectivity index (χ4n) is 1.68. The maximum absolute atomic E-state index is 11.9. The number of amides is 1. The van der Waals surface area contributed by atoms with Crippen molar-refractivity contribution in [3.63, 3.8) is 0 Å². The molecule has 0 aliphatic rings. The standard InChI is InChI=1S/C12H16N4O2/c1-9(6-11-4-3-5-18-11)15-12(17)10(2)16-8-13-7-14-16/h3-5,7-10H,6H2,1-2H3,(H,15,17)/t9-,10+/m0/s1. The minimum atomic E-state index is -0.369. The van der Waals surface area contributed by atoms with Gasteiger partial charge in [0.2, 0.25) is 5.91 Å². The van der Waals surface area contributed by atoms with Gasteiger partial charge in [-0.15, -0.1) is 0 Å². The summed E-state index contributed by atoms with van der Waals surface area (Å²) >= 11 is 0. The molecule has 2 atom stereocenters. The first-order valence-electron chi connectivity index (χ1n) is 5.83. The zero-order chi connectivity index (χ0) is 13.0. The van der Waals surface area contributed by atoms with Gasteiger partial charge in [-0.05, 0) is 26.0 Å². The Morgan fingerprint density at radius 1 is 1.56 bits per heavy atom. The molecule has 96 valence electrons. The van der Waals surface area contributed by atoms with Crippen LogP contribution in [-0.4, -0.2) is 26.7 Å². The predicted octanol–water partition coefficient (Wildman–Crippen LogP) is 1.18. The summed E-state index contributed by atoms with van der Waals surface area (Å²) in [6.45, 7) is 3.72. The molecular weight excluding hydrogens is 232 g/mol. The highest BCUT2D eigenvalue weighted by atomic mass is 16.3. The molecule has 1 N–H and O–H groups in total. The van der Waals surface area contributed by atoms with Crippen LogP contribution in [0.1, 0.15) is 25.6 Å². The van der Waals surface area contributed by atoms with E-state index >= 15 is 0 Å². The number of carbonyl (C=O) groups excluding carboxylic acids is 1. The van der Waals surface area contributed by atoms with E-state index in [1.165, 1.54) is 17.3 Å². The molecule has 2 rings (SSSR count). The zero-order valence-corrected chi connectivity index (χ0v) is 10.4. The van der Waals surface area contributed by atoms with Crippen molar-refractivity contribution < 1.29 is 9.21 Å². The van der Waals surface area contributed by atoms with Crippen molar-refractivity contribution in [2.45, 2.75) is 32.4 Å². The van der Waals surface area contributed by atoms with Crippen LogP contribution in [0.3, 0.4) is 0 Å². The Hall–Kier alpha value is -2.11. The summed E-state index contributed by atoms with van der Waals surface area (Å²) in [4.78, 5) is 15.8. The van der Waals surface area contributed by atoms with Crippen LogP contribution < -0.4 is 5.32 Å². The number of aromatic nitrogens is 3. The summed E-state index contributed by atoms with van der Waals surface area (Å²) in [5.41, 5.74) is 0. The van der Waals surface area contributed by atoms with E-state index in [0.717, 1.165) is 5.76 Å². The molecule has 2 heterocycles. The van der Waals surface area contributed by atoms with Gasteiger partial charge in [-0.2, -0.15) is 5.10 Å². The van der Waals surface area contributed by atoms with Gasteiger partial charge >= 0.3 is 0 Å². The van der Waals surface area contributed by atoms with Gasteiger partial charge in [-0.25, -0.2) is 9.67 Å². The molecule has 0 saturated heterocycles. The number of nitrogens with one attached hydrogen (secondary N) is 1. The summed E-state index contributed by atoms with van der Waals surface area (Å²) in [7, 11) is 0. The second kappa shape index (κ2) is 5.48. The number of nitrogens with zero attached hydrogens (tertiary/aromatic N) is 3. The lowest BCUT2D eigenvalue weighted by atomic mass is 10.2. The van der Waals surface area contributed by atoms with Crippen LogP contribution in [-0.2, 0) is 11.2 Å². The van der Waals surface area contributed by atoms with Crippen LogP contribution in [0.2, 0.25) is 0 Å². The highest BCUT2D eigenvalue weighted by Crippen LogP contribution is 2.06. The zero-order valence-electron chi connectivity index (χ0n) is 10.4. The molecule has 0 unspecified atom stereocenters. The van der Waals surface area contributed by atoms with Crippen molar-refractivity contribution in [2.75, 3.05) is 0 Å². The maximum atomic E-state index is 11.9. The van der Waals surface area contributed by atoms with Crippen LogP contribution >= 0.6 is 0 Å². The third-order valence-electron chi connectivity index (χ3n) is 2.69. The van der Waals surface area contributed by atoms with Crippen LogP contribution in [0.5, 0.6) is 0 Å². The molecule has 0 aliphatic heterocycles. The van der Waals surface area contributed by atoms with Gasteiger partial charge in [0.15, 0.2) is 0 Å². The number of hydrogen-bond acceptors (Lipinski definition) is 4. The topological polar surface area (TPSA) is 73.0 Å². The normalized spacial score (nSPS) is 14.1. The Morgan fingerprint density at radius 2 is 2.39 bits per heavy atom. The minimum absolute atomic E-state index is 0.00891. The number of rotatable bonds is 5. The molecule has 0 spiro atoms. The van der Waals surface area contributed by atoms with Crippen LogP contribution in [0.25, 0.3) is 0 Å². The number of carbonyl (C=O) groups is 1. The van der Waals surface area contributed by atoms with E-state index in [2.05, 4.69) is 15.4 Å². The van der Waals surface area contributed by atoms with Crippen LogP contribution in [0, 0.1) is 0 Å². The summed E-state index contributed by atoms with van der Waals surface area (Å²) < 4.78 is 6.76. The Bertz CT molecular complexity index is 478. The third kappa shape index (κ3) is 2.97. The quantitative estimate of drug-likeness (QED) is 0.862. The molecule has 0 radical (unpaired) electrons. The minimum Gasteiger partial charge on any atom is -0.469 e. The summed E-state index contributed by atoms with van der Waals surface area (Å²) in [5.74, 6) is 0.774. The Kier molecular flexibility index (Phi) is 3.76. The lowest BCUT2D eigenvalue weighted by Crippen LogP contribution is -2.38. The summed E-state index contributed by atoms with van der Waals surface area (Å²) in [6.07, 6.45) is 5.24. The molecular formula is C12H16N4O2. The molecule has 2 aromatic heterocycles.